The van der Waals surface area contributed by atoms with Crippen LogP contribution in [0.1, 0.15) is 31.3 Å². The summed E-state index contributed by atoms with van der Waals surface area (Å²) in [5.41, 5.74) is 1.05. The van der Waals surface area contributed by atoms with Gasteiger partial charge in [-0.2, -0.15) is 5.10 Å². The number of carbonyl (C=O) groups is 1. The largest absolute Gasteiger partial charge is 0.463 e. The Balaban J connectivity index is 2.60. The van der Waals surface area contributed by atoms with Crippen molar-refractivity contribution in [1.82, 2.24) is 9.78 Å². The second kappa shape index (κ2) is 3.63. The van der Waals surface area contributed by atoms with Crippen LogP contribution in [0.2, 0.25) is 0 Å². The molecule has 0 amide bonds. The molecule has 0 unspecified atom stereocenters. The molecule has 0 saturated heterocycles. The highest BCUT2D eigenvalue weighted by Gasteiger charge is 2.21. The molecule has 0 aromatic carbocycles. The van der Waals surface area contributed by atoms with Crippen molar-refractivity contribution in [2.75, 3.05) is 0 Å². The second-order valence-corrected chi connectivity index (χ2v) is 4.63. The van der Waals surface area contributed by atoms with Gasteiger partial charge < -0.3 is 4.42 Å². The lowest BCUT2D eigenvalue weighted by molar-refractivity contribution is 0.111. The summed E-state index contributed by atoms with van der Waals surface area (Å²) in [7, 11) is 0. The van der Waals surface area contributed by atoms with Gasteiger partial charge in [-0.25, -0.2) is 0 Å². The van der Waals surface area contributed by atoms with E-state index >= 15 is 0 Å². The van der Waals surface area contributed by atoms with Gasteiger partial charge in [0.2, 0.25) is 0 Å². The molecule has 4 nitrogen and oxygen atoms in total. The zero-order chi connectivity index (χ0) is 11.8. The molecular formula is C12H14N2O2. The number of rotatable bonds is 2. The Morgan fingerprint density at radius 2 is 2.19 bits per heavy atom. The molecule has 0 aliphatic carbocycles. The van der Waals surface area contributed by atoms with Gasteiger partial charge in [-0.3, -0.25) is 9.48 Å². The number of carbonyl (C=O) groups excluding carboxylic acids is 1. The van der Waals surface area contributed by atoms with E-state index in [0.717, 1.165) is 17.7 Å². The van der Waals surface area contributed by atoms with E-state index < -0.39 is 0 Å². The Labute approximate surface area is 93.9 Å². The van der Waals surface area contributed by atoms with E-state index in [2.05, 4.69) is 5.10 Å². The van der Waals surface area contributed by atoms with Crippen molar-refractivity contribution in [1.29, 1.82) is 0 Å². The summed E-state index contributed by atoms with van der Waals surface area (Å²) >= 11 is 0. The minimum atomic E-state index is -0.191. The molecule has 84 valence electrons. The molecular weight excluding hydrogens is 204 g/mol. The number of hydrogen-bond acceptors (Lipinski definition) is 3. The fourth-order valence-corrected chi connectivity index (χ4v) is 1.57. The lowest BCUT2D eigenvalue weighted by atomic mass is 10.1. The van der Waals surface area contributed by atoms with Gasteiger partial charge in [-0.05, 0) is 39.0 Å². The summed E-state index contributed by atoms with van der Waals surface area (Å²) in [6, 6.07) is 5.40. The van der Waals surface area contributed by atoms with Crippen LogP contribution in [0.5, 0.6) is 0 Å². The first-order chi connectivity index (χ1) is 7.52. The van der Waals surface area contributed by atoms with Crippen LogP contribution in [-0.4, -0.2) is 16.1 Å². The molecule has 0 atom stereocenters. The van der Waals surface area contributed by atoms with Gasteiger partial charge in [-0.1, -0.05) is 0 Å². The molecule has 2 aromatic rings. The summed E-state index contributed by atoms with van der Waals surface area (Å²) in [5.74, 6) is 0.718. The highest BCUT2D eigenvalue weighted by molar-refractivity contribution is 5.74. The standard InChI is InChI=1S/C12H14N2O2/c1-12(2,3)14-10(7-9(8-15)13-14)11-5-4-6-16-11/h4-8H,1-3H3. The van der Waals surface area contributed by atoms with E-state index in [1.165, 1.54) is 0 Å². The van der Waals surface area contributed by atoms with Gasteiger partial charge in [0, 0.05) is 0 Å². The maximum absolute atomic E-state index is 10.8. The van der Waals surface area contributed by atoms with Crippen molar-refractivity contribution in [3.63, 3.8) is 0 Å². The maximum atomic E-state index is 10.8. The van der Waals surface area contributed by atoms with Crippen molar-refractivity contribution in [3.8, 4) is 11.5 Å². The van der Waals surface area contributed by atoms with E-state index in [1.807, 2.05) is 32.9 Å². The Kier molecular flexibility index (Phi) is 2.42. The molecule has 2 aromatic heterocycles. The lowest BCUT2D eigenvalue weighted by Crippen LogP contribution is -2.24. The first-order valence-corrected chi connectivity index (χ1v) is 5.12. The monoisotopic (exact) mass is 218 g/mol. The van der Waals surface area contributed by atoms with Gasteiger partial charge in [0.05, 0.1) is 11.8 Å². The van der Waals surface area contributed by atoms with Crippen LogP contribution in [0.4, 0.5) is 0 Å². The summed E-state index contributed by atoms with van der Waals surface area (Å²) in [5, 5.41) is 4.24. The van der Waals surface area contributed by atoms with Gasteiger partial charge >= 0.3 is 0 Å². The molecule has 2 heterocycles. The normalized spacial score (nSPS) is 11.7. The van der Waals surface area contributed by atoms with Crippen molar-refractivity contribution >= 4 is 6.29 Å². The number of aromatic nitrogens is 2. The van der Waals surface area contributed by atoms with E-state index in [1.54, 1.807) is 17.0 Å². The minimum absolute atomic E-state index is 0.191. The van der Waals surface area contributed by atoms with E-state index in [4.69, 9.17) is 4.42 Å². The summed E-state index contributed by atoms with van der Waals surface area (Å²) < 4.78 is 7.14. The summed E-state index contributed by atoms with van der Waals surface area (Å²) in [6.45, 7) is 6.09. The third-order valence-corrected chi connectivity index (χ3v) is 2.26. The van der Waals surface area contributed by atoms with Crippen LogP contribution in [0.3, 0.4) is 0 Å². The second-order valence-electron chi connectivity index (χ2n) is 4.63. The van der Waals surface area contributed by atoms with E-state index in [-0.39, 0.29) is 5.54 Å². The molecule has 0 radical (unpaired) electrons. The number of aldehydes is 1. The quantitative estimate of drug-likeness (QED) is 0.728. The smallest absolute Gasteiger partial charge is 0.170 e. The third kappa shape index (κ3) is 1.78. The van der Waals surface area contributed by atoms with Crippen molar-refractivity contribution in [2.45, 2.75) is 26.3 Å². The van der Waals surface area contributed by atoms with Crippen LogP contribution >= 0.6 is 0 Å². The van der Waals surface area contributed by atoms with Gasteiger partial charge in [0.25, 0.3) is 0 Å². The lowest BCUT2D eigenvalue weighted by Gasteiger charge is -2.21. The highest BCUT2D eigenvalue weighted by Crippen LogP contribution is 2.26. The van der Waals surface area contributed by atoms with Crippen LogP contribution in [0.25, 0.3) is 11.5 Å². The molecule has 0 aliphatic rings. The molecule has 0 fully saturated rings. The molecule has 0 bridgehead atoms. The molecule has 0 saturated carbocycles. The van der Waals surface area contributed by atoms with Crippen LogP contribution in [0.15, 0.2) is 28.9 Å². The average molecular weight is 218 g/mol. The predicted molar refractivity (Wildman–Crippen MR) is 60.3 cm³/mol. The number of nitrogens with zero attached hydrogens (tertiary/aromatic N) is 2. The zero-order valence-corrected chi connectivity index (χ0v) is 9.60. The first kappa shape index (κ1) is 10.7. The molecule has 4 heteroatoms. The molecule has 16 heavy (non-hydrogen) atoms. The van der Waals surface area contributed by atoms with Crippen molar-refractivity contribution < 1.29 is 9.21 Å². The highest BCUT2D eigenvalue weighted by atomic mass is 16.3. The van der Waals surface area contributed by atoms with Crippen LogP contribution in [-0.2, 0) is 5.54 Å². The topological polar surface area (TPSA) is 48.0 Å². The van der Waals surface area contributed by atoms with Gasteiger partial charge in [0.1, 0.15) is 11.4 Å². The fourth-order valence-electron chi connectivity index (χ4n) is 1.57. The first-order valence-electron chi connectivity index (χ1n) is 5.12. The van der Waals surface area contributed by atoms with Gasteiger partial charge in [-0.15, -0.1) is 0 Å². The van der Waals surface area contributed by atoms with Crippen molar-refractivity contribution in [3.05, 3.63) is 30.2 Å². The van der Waals surface area contributed by atoms with Gasteiger partial charge in [0.15, 0.2) is 12.0 Å². The minimum Gasteiger partial charge on any atom is -0.463 e. The van der Waals surface area contributed by atoms with Crippen molar-refractivity contribution in [2.24, 2.45) is 0 Å². The molecule has 0 aliphatic heterocycles. The zero-order valence-electron chi connectivity index (χ0n) is 9.60. The van der Waals surface area contributed by atoms with Crippen LogP contribution in [0, 0.1) is 0 Å². The summed E-state index contributed by atoms with van der Waals surface area (Å²) in [6.07, 6.45) is 2.35. The molecule has 2 rings (SSSR count). The number of hydrogen-bond donors (Lipinski definition) is 0. The molecule has 0 N–H and O–H groups in total. The van der Waals surface area contributed by atoms with E-state index in [9.17, 15) is 4.79 Å². The number of furan rings is 1. The Morgan fingerprint density at radius 1 is 1.44 bits per heavy atom. The predicted octanol–water partition coefficient (Wildman–Crippen LogP) is 2.71. The third-order valence-electron chi connectivity index (χ3n) is 2.26. The molecule has 0 spiro atoms. The maximum Gasteiger partial charge on any atom is 0.170 e. The Morgan fingerprint density at radius 3 is 2.69 bits per heavy atom. The van der Waals surface area contributed by atoms with Crippen LogP contribution < -0.4 is 0 Å². The average Bonchev–Trinajstić information content (AvgIpc) is 2.85. The Bertz CT molecular complexity index is 490. The van der Waals surface area contributed by atoms with E-state index in [0.29, 0.717) is 5.69 Å². The fraction of sp³-hybridized carbons (Fsp3) is 0.333. The summed E-state index contributed by atoms with van der Waals surface area (Å²) in [4.78, 5) is 10.8. The Hall–Kier alpha value is -1.84. The SMILES string of the molecule is CC(C)(C)n1nc(C=O)cc1-c1ccco1.